The van der Waals surface area contributed by atoms with Crippen molar-refractivity contribution < 1.29 is 19.4 Å². The molecule has 0 bridgehead atoms. The lowest BCUT2D eigenvalue weighted by atomic mass is 9.74. The predicted octanol–water partition coefficient (Wildman–Crippen LogP) is 3.74. The van der Waals surface area contributed by atoms with Crippen molar-refractivity contribution in [3.8, 4) is 0 Å². The Morgan fingerprint density at radius 2 is 2.00 bits per heavy atom. The van der Waals surface area contributed by atoms with Gasteiger partial charge in [-0.05, 0) is 50.7 Å². The maximum Gasteiger partial charge on any atom is 0.415 e. The van der Waals surface area contributed by atoms with Crippen LogP contribution in [0.1, 0.15) is 44.6 Å². The van der Waals surface area contributed by atoms with Gasteiger partial charge in [0.15, 0.2) is 0 Å². The summed E-state index contributed by atoms with van der Waals surface area (Å²) in [6, 6.07) is 7.78. The van der Waals surface area contributed by atoms with E-state index in [4.69, 9.17) is 4.74 Å². The molecule has 5 nitrogen and oxygen atoms in total. The van der Waals surface area contributed by atoms with Gasteiger partial charge >= 0.3 is 12.1 Å². The summed E-state index contributed by atoms with van der Waals surface area (Å²) in [6.45, 7) is 4.05. The number of rotatable bonds is 3. The zero-order chi connectivity index (χ0) is 16.6. The van der Waals surface area contributed by atoms with Crippen molar-refractivity contribution in [1.82, 2.24) is 0 Å². The van der Waals surface area contributed by atoms with E-state index < -0.39 is 11.6 Å². The average molecular weight is 317 g/mol. The third-order valence-electron chi connectivity index (χ3n) is 5.35. The number of hydrogen-bond donors (Lipinski definition) is 1. The van der Waals surface area contributed by atoms with Gasteiger partial charge < -0.3 is 9.84 Å². The summed E-state index contributed by atoms with van der Waals surface area (Å²) in [5.41, 5.74) is 1.39. The fraction of sp³-hybridized carbons (Fsp3) is 0.556. The number of anilines is 1. The Labute approximate surface area is 136 Å². The third-order valence-corrected chi connectivity index (χ3v) is 5.35. The third kappa shape index (κ3) is 2.58. The van der Waals surface area contributed by atoms with Crippen LogP contribution in [0.4, 0.5) is 10.5 Å². The highest BCUT2D eigenvalue weighted by Crippen LogP contribution is 2.46. The SMILES string of the molecule is CCC1N(c2ccccc2C)C(=O)OC12CCC(C(=O)O)CC2. The number of aryl methyl sites for hydroxylation is 1. The molecule has 1 aromatic carbocycles. The summed E-state index contributed by atoms with van der Waals surface area (Å²) in [4.78, 5) is 25.5. The van der Waals surface area contributed by atoms with Crippen LogP contribution >= 0.6 is 0 Å². The normalized spacial score (nSPS) is 30.5. The standard InChI is InChI=1S/C18H23NO4/c1-3-15-18(10-8-13(9-11-18)16(20)21)23-17(22)19(15)14-7-5-4-6-12(14)2/h4-7,13,15H,3,8-11H2,1-2H3,(H,20,21). The summed E-state index contributed by atoms with van der Waals surface area (Å²) in [5.74, 6) is -1.06. The Hall–Kier alpha value is -2.04. The fourth-order valence-corrected chi connectivity index (χ4v) is 4.10. The summed E-state index contributed by atoms with van der Waals surface area (Å²) >= 11 is 0. The fourth-order valence-electron chi connectivity index (χ4n) is 4.10. The van der Waals surface area contributed by atoms with Gasteiger partial charge in [-0.15, -0.1) is 0 Å². The van der Waals surface area contributed by atoms with Crippen LogP contribution in [0.2, 0.25) is 0 Å². The second-order valence-corrected chi connectivity index (χ2v) is 6.63. The largest absolute Gasteiger partial charge is 0.481 e. The summed E-state index contributed by atoms with van der Waals surface area (Å²) in [6.07, 6.45) is 2.87. The highest BCUT2D eigenvalue weighted by atomic mass is 16.6. The van der Waals surface area contributed by atoms with Crippen molar-refractivity contribution in [2.24, 2.45) is 5.92 Å². The van der Waals surface area contributed by atoms with E-state index in [1.807, 2.05) is 31.2 Å². The van der Waals surface area contributed by atoms with Crippen LogP contribution in [-0.2, 0) is 9.53 Å². The number of aliphatic carboxylic acids is 1. The minimum Gasteiger partial charge on any atom is -0.481 e. The Morgan fingerprint density at radius 1 is 1.35 bits per heavy atom. The predicted molar refractivity (Wildman–Crippen MR) is 86.5 cm³/mol. The molecule has 2 fully saturated rings. The van der Waals surface area contributed by atoms with Crippen LogP contribution in [-0.4, -0.2) is 28.8 Å². The Balaban J connectivity index is 1.89. The smallest absolute Gasteiger partial charge is 0.415 e. The van der Waals surface area contributed by atoms with E-state index in [0.717, 1.165) is 17.7 Å². The van der Waals surface area contributed by atoms with Crippen molar-refractivity contribution in [3.63, 3.8) is 0 Å². The van der Waals surface area contributed by atoms with E-state index in [1.54, 1.807) is 4.90 Å². The van der Waals surface area contributed by atoms with E-state index in [1.165, 1.54) is 0 Å². The van der Waals surface area contributed by atoms with E-state index in [9.17, 15) is 14.7 Å². The minimum absolute atomic E-state index is 0.0363. The van der Waals surface area contributed by atoms with Crippen molar-refractivity contribution in [2.45, 2.75) is 57.6 Å². The molecular weight excluding hydrogens is 294 g/mol. The summed E-state index contributed by atoms with van der Waals surface area (Å²) in [7, 11) is 0. The number of para-hydroxylation sites is 1. The number of carbonyl (C=O) groups excluding carboxylic acids is 1. The number of carboxylic acid groups (broad SMARTS) is 1. The van der Waals surface area contributed by atoms with Crippen LogP contribution in [0.3, 0.4) is 0 Å². The van der Waals surface area contributed by atoms with Gasteiger partial charge in [-0.25, -0.2) is 4.79 Å². The van der Waals surface area contributed by atoms with E-state index >= 15 is 0 Å². The van der Waals surface area contributed by atoms with Crippen LogP contribution in [0.5, 0.6) is 0 Å². The zero-order valence-corrected chi connectivity index (χ0v) is 13.6. The molecule has 0 aromatic heterocycles. The molecule has 23 heavy (non-hydrogen) atoms. The van der Waals surface area contributed by atoms with Crippen molar-refractivity contribution in [2.75, 3.05) is 4.90 Å². The number of amides is 1. The number of carboxylic acids is 1. The molecule has 2 aliphatic rings. The molecule has 1 saturated heterocycles. The Kier molecular flexibility index (Phi) is 4.04. The molecule has 1 unspecified atom stereocenters. The van der Waals surface area contributed by atoms with Crippen LogP contribution < -0.4 is 4.90 Å². The molecule has 0 radical (unpaired) electrons. The van der Waals surface area contributed by atoms with Crippen LogP contribution in [0.15, 0.2) is 24.3 Å². The van der Waals surface area contributed by atoms with Gasteiger partial charge in [0.05, 0.1) is 17.6 Å². The van der Waals surface area contributed by atoms with Gasteiger partial charge in [-0.1, -0.05) is 25.1 Å². The van der Waals surface area contributed by atoms with E-state index in [2.05, 4.69) is 6.92 Å². The van der Waals surface area contributed by atoms with Gasteiger partial charge in [0.1, 0.15) is 5.60 Å². The molecule has 1 N–H and O–H groups in total. The lowest BCUT2D eigenvalue weighted by Gasteiger charge is -2.39. The average Bonchev–Trinajstić information content (AvgIpc) is 2.79. The van der Waals surface area contributed by atoms with Gasteiger partial charge in [0.2, 0.25) is 0 Å². The first-order valence-electron chi connectivity index (χ1n) is 8.29. The maximum absolute atomic E-state index is 12.6. The summed E-state index contributed by atoms with van der Waals surface area (Å²) in [5, 5.41) is 9.19. The van der Waals surface area contributed by atoms with Gasteiger partial charge in [0, 0.05) is 0 Å². The highest BCUT2D eigenvalue weighted by Gasteiger charge is 2.55. The molecule has 1 aliphatic heterocycles. The second-order valence-electron chi connectivity index (χ2n) is 6.63. The van der Waals surface area contributed by atoms with Crippen molar-refractivity contribution >= 4 is 17.7 Å². The molecule has 1 aliphatic carbocycles. The van der Waals surface area contributed by atoms with E-state index in [0.29, 0.717) is 25.7 Å². The zero-order valence-electron chi connectivity index (χ0n) is 13.6. The molecule has 1 heterocycles. The second kappa shape index (κ2) is 5.87. The van der Waals surface area contributed by atoms with Gasteiger partial charge in [-0.3, -0.25) is 9.69 Å². The summed E-state index contributed by atoms with van der Waals surface area (Å²) < 4.78 is 5.84. The van der Waals surface area contributed by atoms with Gasteiger partial charge in [-0.2, -0.15) is 0 Å². The molecule has 1 spiro atoms. The Morgan fingerprint density at radius 3 is 2.57 bits per heavy atom. The quantitative estimate of drug-likeness (QED) is 0.922. The van der Waals surface area contributed by atoms with Crippen LogP contribution in [0, 0.1) is 12.8 Å². The molecule has 1 amide bonds. The lowest BCUT2D eigenvalue weighted by Crippen LogP contribution is -2.48. The number of ether oxygens (including phenoxy) is 1. The molecule has 1 aromatic rings. The monoisotopic (exact) mass is 317 g/mol. The maximum atomic E-state index is 12.6. The van der Waals surface area contributed by atoms with Crippen molar-refractivity contribution in [1.29, 1.82) is 0 Å². The highest BCUT2D eigenvalue weighted by molar-refractivity contribution is 5.92. The molecule has 3 rings (SSSR count). The van der Waals surface area contributed by atoms with Crippen LogP contribution in [0.25, 0.3) is 0 Å². The van der Waals surface area contributed by atoms with E-state index in [-0.39, 0.29) is 18.1 Å². The minimum atomic E-state index is -0.743. The first-order chi connectivity index (χ1) is 11.0. The van der Waals surface area contributed by atoms with Crippen molar-refractivity contribution in [3.05, 3.63) is 29.8 Å². The van der Waals surface area contributed by atoms with Gasteiger partial charge in [0.25, 0.3) is 0 Å². The Bertz CT molecular complexity index is 619. The first kappa shape index (κ1) is 15.8. The molecular formula is C18H23NO4. The number of nitrogens with zero attached hydrogens (tertiary/aromatic N) is 1. The number of benzene rings is 1. The molecule has 1 atom stereocenters. The first-order valence-corrected chi connectivity index (χ1v) is 8.29. The topological polar surface area (TPSA) is 66.8 Å². The molecule has 124 valence electrons. The lowest BCUT2D eigenvalue weighted by molar-refractivity contribution is -0.144. The number of carbonyl (C=O) groups is 2. The molecule has 1 saturated carbocycles. The number of hydrogen-bond acceptors (Lipinski definition) is 3. The molecule has 5 heteroatoms.